The van der Waals surface area contributed by atoms with Gasteiger partial charge in [-0.05, 0) is 18.8 Å². The third-order valence-corrected chi connectivity index (χ3v) is 4.08. The van der Waals surface area contributed by atoms with Crippen molar-refractivity contribution in [1.82, 2.24) is 14.0 Å². The van der Waals surface area contributed by atoms with E-state index >= 15 is 0 Å². The van der Waals surface area contributed by atoms with Crippen molar-refractivity contribution in [3.05, 3.63) is 26.9 Å². The SMILES string of the molecule is CC1CCN(C(=O)Cn2c(=O)cc(N)n(CC(F)(F)F)c2=O)CC1. The molecule has 1 aliphatic rings. The molecule has 10 heteroatoms. The standard InChI is InChI=1S/C14H19F3N4O3/c1-9-2-4-19(5-3-9)12(23)7-20-11(22)6-10(18)21(13(20)24)8-14(15,16)17/h6,9H,2-5,7-8,18H2,1H3. The van der Waals surface area contributed by atoms with E-state index in [-0.39, 0.29) is 4.57 Å². The maximum absolute atomic E-state index is 12.5. The van der Waals surface area contributed by atoms with E-state index < -0.39 is 42.2 Å². The molecule has 134 valence electrons. The Labute approximate surface area is 135 Å². The fourth-order valence-corrected chi connectivity index (χ4v) is 2.61. The van der Waals surface area contributed by atoms with Crippen molar-refractivity contribution >= 4 is 11.7 Å². The van der Waals surface area contributed by atoms with Crippen LogP contribution >= 0.6 is 0 Å². The van der Waals surface area contributed by atoms with Gasteiger partial charge in [0.25, 0.3) is 5.56 Å². The predicted octanol–water partition coefficient (Wildman–Crippen LogP) is 0.413. The molecular formula is C14H19F3N4O3. The molecule has 2 N–H and O–H groups in total. The fourth-order valence-electron chi connectivity index (χ4n) is 2.61. The summed E-state index contributed by atoms with van der Waals surface area (Å²) < 4.78 is 38.4. The summed E-state index contributed by atoms with van der Waals surface area (Å²) in [5, 5.41) is 0. The molecule has 2 rings (SSSR count). The van der Waals surface area contributed by atoms with Crippen molar-refractivity contribution in [2.24, 2.45) is 5.92 Å². The number of piperidine rings is 1. The highest BCUT2D eigenvalue weighted by atomic mass is 19.4. The van der Waals surface area contributed by atoms with Crippen molar-refractivity contribution in [2.75, 3.05) is 18.8 Å². The number of likely N-dealkylation sites (tertiary alicyclic amines) is 1. The number of aromatic nitrogens is 2. The number of hydrogen-bond acceptors (Lipinski definition) is 4. The van der Waals surface area contributed by atoms with Crippen LogP contribution in [-0.2, 0) is 17.9 Å². The van der Waals surface area contributed by atoms with Crippen molar-refractivity contribution < 1.29 is 18.0 Å². The zero-order valence-corrected chi connectivity index (χ0v) is 13.2. The first-order chi connectivity index (χ1) is 11.1. The molecule has 0 spiro atoms. The summed E-state index contributed by atoms with van der Waals surface area (Å²) in [7, 11) is 0. The molecule has 0 radical (unpaired) electrons. The highest BCUT2D eigenvalue weighted by Crippen LogP contribution is 2.18. The van der Waals surface area contributed by atoms with Crippen LogP contribution in [-0.4, -0.2) is 39.2 Å². The Morgan fingerprint density at radius 2 is 1.83 bits per heavy atom. The van der Waals surface area contributed by atoms with E-state index in [1.165, 1.54) is 4.90 Å². The second kappa shape index (κ2) is 6.70. The van der Waals surface area contributed by atoms with Crippen LogP contribution in [0.2, 0.25) is 0 Å². The van der Waals surface area contributed by atoms with Crippen LogP contribution in [0.5, 0.6) is 0 Å². The molecule has 1 saturated heterocycles. The number of alkyl halides is 3. The summed E-state index contributed by atoms with van der Waals surface area (Å²) in [5.74, 6) is -0.570. The van der Waals surface area contributed by atoms with Crippen molar-refractivity contribution in [3.63, 3.8) is 0 Å². The van der Waals surface area contributed by atoms with Gasteiger partial charge in [-0.25, -0.2) is 4.79 Å². The third kappa shape index (κ3) is 4.18. The van der Waals surface area contributed by atoms with Gasteiger partial charge in [0.15, 0.2) is 0 Å². The van der Waals surface area contributed by atoms with E-state index in [1.54, 1.807) is 0 Å². The highest BCUT2D eigenvalue weighted by Gasteiger charge is 2.30. The summed E-state index contributed by atoms with van der Waals surface area (Å²) in [4.78, 5) is 37.7. The molecule has 1 aromatic rings. The van der Waals surface area contributed by atoms with Gasteiger partial charge in [-0.1, -0.05) is 6.92 Å². The van der Waals surface area contributed by atoms with Crippen LogP contribution in [0.4, 0.5) is 19.0 Å². The van der Waals surface area contributed by atoms with Crippen LogP contribution in [0.1, 0.15) is 19.8 Å². The van der Waals surface area contributed by atoms with Gasteiger partial charge in [-0.2, -0.15) is 13.2 Å². The smallest absolute Gasteiger partial charge is 0.385 e. The van der Waals surface area contributed by atoms with E-state index in [2.05, 4.69) is 6.92 Å². The minimum Gasteiger partial charge on any atom is -0.385 e. The summed E-state index contributed by atoms with van der Waals surface area (Å²) in [6, 6.07) is 0.721. The lowest BCUT2D eigenvalue weighted by Gasteiger charge is -2.30. The molecule has 1 fully saturated rings. The van der Waals surface area contributed by atoms with E-state index in [1.807, 2.05) is 0 Å². The molecule has 0 bridgehead atoms. The van der Waals surface area contributed by atoms with Gasteiger partial charge in [0.1, 0.15) is 18.9 Å². The molecule has 2 heterocycles. The molecule has 1 amide bonds. The topological polar surface area (TPSA) is 90.3 Å². The number of nitrogen functional groups attached to an aromatic ring is 1. The largest absolute Gasteiger partial charge is 0.406 e. The summed E-state index contributed by atoms with van der Waals surface area (Å²) >= 11 is 0. The minimum atomic E-state index is -4.67. The highest BCUT2D eigenvalue weighted by molar-refractivity contribution is 5.76. The summed E-state index contributed by atoms with van der Waals surface area (Å²) in [6.07, 6.45) is -3.06. The maximum Gasteiger partial charge on any atom is 0.406 e. The third-order valence-electron chi connectivity index (χ3n) is 4.08. The Hall–Kier alpha value is -2.26. The van der Waals surface area contributed by atoms with E-state index in [4.69, 9.17) is 5.73 Å². The Morgan fingerprint density at radius 3 is 2.38 bits per heavy atom. The Kier molecular flexibility index (Phi) is 5.05. The van der Waals surface area contributed by atoms with Crippen LogP contribution in [0, 0.1) is 5.92 Å². The van der Waals surface area contributed by atoms with Gasteiger partial charge in [0.05, 0.1) is 0 Å². The zero-order chi connectivity index (χ0) is 18.1. The molecule has 0 unspecified atom stereocenters. The van der Waals surface area contributed by atoms with Gasteiger partial charge in [-0.3, -0.25) is 18.7 Å². The van der Waals surface area contributed by atoms with Crippen molar-refractivity contribution in [2.45, 2.75) is 39.0 Å². The van der Waals surface area contributed by atoms with E-state index in [0.717, 1.165) is 18.9 Å². The quantitative estimate of drug-likeness (QED) is 0.857. The number of hydrogen-bond donors (Lipinski definition) is 1. The lowest BCUT2D eigenvalue weighted by Crippen LogP contribution is -2.47. The molecule has 7 nitrogen and oxygen atoms in total. The average molecular weight is 348 g/mol. The van der Waals surface area contributed by atoms with Crippen molar-refractivity contribution in [3.8, 4) is 0 Å². The molecule has 1 aliphatic heterocycles. The van der Waals surface area contributed by atoms with E-state index in [0.29, 0.717) is 23.6 Å². The number of carbonyl (C=O) groups is 1. The number of nitrogens with two attached hydrogens (primary N) is 1. The van der Waals surface area contributed by atoms with Gasteiger partial charge in [0.2, 0.25) is 5.91 Å². The molecule has 0 aliphatic carbocycles. The second-order valence-corrected chi connectivity index (χ2v) is 6.04. The first-order valence-electron chi connectivity index (χ1n) is 7.53. The Morgan fingerprint density at radius 1 is 1.25 bits per heavy atom. The molecule has 0 saturated carbocycles. The number of nitrogens with zero attached hydrogens (tertiary/aromatic N) is 3. The number of rotatable bonds is 3. The number of anilines is 1. The predicted molar refractivity (Wildman–Crippen MR) is 80.4 cm³/mol. The molecule has 1 aromatic heterocycles. The van der Waals surface area contributed by atoms with Gasteiger partial charge in [-0.15, -0.1) is 0 Å². The van der Waals surface area contributed by atoms with Crippen LogP contribution in [0.3, 0.4) is 0 Å². The average Bonchev–Trinajstić information content (AvgIpc) is 2.47. The van der Waals surface area contributed by atoms with Gasteiger partial charge < -0.3 is 10.6 Å². The molecule has 24 heavy (non-hydrogen) atoms. The monoisotopic (exact) mass is 348 g/mol. The maximum atomic E-state index is 12.5. The Balaban J connectivity index is 2.27. The van der Waals surface area contributed by atoms with Crippen LogP contribution < -0.4 is 17.0 Å². The van der Waals surface area contributed by atoms with Crippen LogP contribution in [0.25, 0.3) is 0 Å². The number of amides is 1. The molecule has 0 aromatic carbocycles. The first kappa shape index (κ1) is 18.1. The summed E-state index contributed by atoms with van der Waals surface area (Å²) in [6.45, 7) is 0.848. The molecular weight excluding hydrogens is 329 g/mol. The lowest BCUT2D eigenvalue weighted by atomic mass is 9.99. The van der Waals surface area contributed by atoms with Gasteiger partial charge in [0, 0.05) is 19.2 Å². The zero-order valence-electron chi connectivity index (χ0n) is 13.2. The Bertz CT molecular complexity index is 730. The number of carbonyl (C=O) groups excluding carboxylic acids is 1. The normalized spacial score (nSPS) is 16.4. The van der Waals surface area contributed by atoms with E-state index in [9.17, 15) is 27.6 Å². The molecule has 0 atom stereocenters. The fraction of sp³-hybridized carbons (Fsp3) is 0.643. The lowest BCUT2D eigenvalue weighted by molar-refractivity contribution is -0.141. The second-order valence-electron chi connectivity index (χ2n) is 6.04. The minimum absolute atomic E-state index is 0.243. The summed E-state index contributed by atoms with van der Waals surface area (Å²) in [5.41, 5.74) is 3.21. The first-order valence-corrected chi connectivity index (χ1v) is 7.53. The number of halogens is 3. The van der Waals surface area contributed by atoms with Crippen molar-refractivity contribution in [1.29, 1.82) is 0 Å². The van der Waals surface area contributed by atoms with Gasteiger partial charge >= 0.3 is 11.9 Å². The van der Waals surface area contributed by atoms with Crippen LogP contribution in [0.15, 0.2) is 15.7 Å².